The molecule has 0 unspecified atom stereocenters. The van der Waals surface area contributed by atoms with Gasteiger partial charge in [-0.15, -0.1) is 0 Å². The van der Waals surface area contributed by atoms with Crippen molar-refractivity contribution in [1.29, 1.82) is 0 Å². The zero-order chi connectivity index (χ0) is 25.5. The van der Waals surface area contributed by atoms with Crippen molar-refractivity contribution in [3.63, 3.8) is 0 Å². The van der Waals surface area contributed by atoms with Gasteiger partial charge in [0.15, 0.2) is 11.4 Å². The number of aromatic nitrogens is 4. The van der Waals surface area contributed by atoms with Gasteiger partial charge in [-0.2, -0.15) is 18.3 Å². The molecule has 0 radical (unpaired) electrons. The van der Waals surface area contributed by atoms with E-state index in [2.05, 4.69) is 22.0 Å². The maximum Gasteiger partial charge on any atom is 0.434 e. The molecule has 1 fully saturated rings. The Morgan fingerprint density at radius 2 is 2.00 bits per heavy atom. The van der Waals surface area contributed by atoms with Gasteiger partial charge in [0.1, 0.15) is 6.61 Å². The fraction of sp³-hybridized carbons (Fsp3) is 0.440. The zero-order valence-corrected chi connectivity index (χ0v) is 19.9. The number of allylic oxidation sites excluding steroid dienone is 5. The summed E-state index contributed by atoms with van der Waals surface area (Å²) in [6.07, 6.45) is 11.7. The van der Waals surface area contributed by atoms with Gasteiger partial charge >= 0.3 is 6.18 Å². The minimum absolute atomic E-state index is 0.0271. The molecule has 1 amide bonds. The van der Waals surface area contributed by atoms with E-state index in [0.717, 1.165) is 25.5 Å². The zero-order valence-electron chi connectivity index (χ0n) is 19.9. The largest absolute Gasteiger partial charge is 0.477 e. The van der Waals surface area contributed by atoms with Gasteiger partial charge in [0.25, 0.3) is 5.91 Å². The molecule has 8 nitrogen and oxygen atoms in total. The molecule has 0 N–H and O–H groups in total. The molecule has 0 aliphatic carbocycles. The van der Waals surface area contributed by atoms with E-state index in [-0.39, 0.29) is 24.4 Å². The number of hydrogen-bond donors (Lipinski definition) is 0. The molecule has 36 heavy (non-hydrogen) atoms. The Morgan fingerprint density at radius 3 is 2.75 bits per heavy atom. The highest BCUT2D eigenvalue weighted by Gasteiger charge is 2.35. The highest BCUT2D eigenvalue weighted by atomic mass is 19.4. The van der Waals surface area contributed by atoms with Crippen LogP contribution >= 0.6 is 0 Å². The molecule has 192 valence electrons. The minimum Gasteiger partial charge on any atom is -0.477 e. The molecule has 4 heterocycles. The molecule has 2 aliphatic rings. The molecule has 2 aliphatic heterocycles. The number of amides is 1. The molecule has 1 saturated heterocycles. The lowest BCUT2D eigenvalue weighted by molar-refractivity contribution is -0.141. The van der Waals surface area contributed by atoms with Crippen molar-refractivity contribution >= 4 is 12.0 Å². The Morgan fingerprint density at radius 1 is 1.17 bits per heavy atom. The number of carbonyl (C=O) groups excluding carboxylic acids is 1. The molecule has 2 aromatic rings. The standard InChI is InChI=1S/C25H28F3N5O3/c1-2-3-4-5-6-7-11-19-22(31-33-13-9-14-35-24(19)33)23(34)32-12-8-10-18(32)17-36-21-16-29-20(15-30-21)25(26,27)28/h3-7,11,15-16,18H,2,8-10,12-14,17H2,1H3/b4-3-,6-5-,11-7+/t18-/m0/s1. The Bertz CT molecular complexity index is 1140. The van der Waals surface area contributed by atoms with Crippen LogP contribution in [-0.4, -0.2) is 56.4 Å². The predicted octanol–water partition coefficient (Wildman–Crippen LogP) is 4.69. The summed E-state index contributed by atoms with van der Waals surface area (Å²) in [5.74, 6) is 0.311. The summed E-state index contributed by atoms with van der Waals surface area (Å²) in [5.41, 5.74) is -0.152. The number of carbonyl (C=O) groups is 1. The van der Waals surface area contributed by atoms with Gasteiger partial charge < -0.3 is 14.4 Å². The summed E-state index contributed by atoms with van der Waals surface area (Å²) in [4.78, 5) is 22.3. The summed E-state index contributed by atoms with van der Waals surface area (Å²) in [5, 5.41) is 4.55. The fourth-order valence-electron chi connectivity index (χ4n) is 4.08. The highest BCUT2D eigenvalue weighted by molar-refractivity contribution is 5.97. The third kappa shape index (κ3) is 5.95. The molecule has 2 aromatic heterocycles. The average molecular weight is 504 g/mol. The van der Waals surface area contributed by atoms with E-state index in [0.29, 0.717) is 49.5 Å². The normalized spacial score (nSPS) is 18.3. The first-order chi connectivity index (χ1) is 17.4. The van der Waals surface area contributed by atoms with Crippen molar-refractivity contribution in [1.82, 2.24) is 24.6 Å². The number of hydrogen-bond acceptors (Lipinski definition) is 6. The third-order valence-electron chi connectivity index (χ3n) is 5.84. The van der Waals surface area contributed by atoms with Gasteiger partial charge in [0.05, 0.1) is 30.6 Å². The molecule has 4 rings (SSSR count). The van der Waals surface area contributed by atoms with Crippen molar-refractivity contribution in [3.05, 3.63) is 59.7 Å². The molecular weight excluding hydrogens is 475 g/mol. The fourth-order valence-corrected chi connectivity index (χ4v) is 4.08. The first kappa shape index (κ1) is 25.5. The van der Waals surface area contributed by atoms with Crippen molar-refractivity contribution in [3.8, 4) is 11.8 Å². The lowest BCUT2D eigenvalue weighted by Gasteiger charge is -2.24. The lowest BCUT2D eigenvalue weighted by atomic mass is 10.1. The quantitative estimate of drug-likeness (QED) is 0.486. The second-order valence-corrected chi connectivity index (χ2v) is 8.42. The summed E-state index contributed by atoms with van der Waals surface area (Å²) in [6.45, 7) is 3.90. The summed E-state index contributed by atoms with van der Waals surface area (Å²) in [6, 6.07) is -0.267. The van der Waals surface area contributed by atoms with Crippen LogP contribution in [-0.2, 0) is 12.7 Å². The van der Waals surface area contributed by atoms with Crippen LogP contribution in [0.4, 0.5) is 13.2 Å². The van der Waals surface area contributed by atoms with Gasteiger partial charge in [0.2, 0.25) is 11.8 Å². The predicted molar refractivity (Wildman–Crippen MR) is 127 cm³/mol. The van der Waals surface area contributed by atoms with Crippen LogP contribution < -0.4 is 9.47 Å². The highest BCUT2D eigenvalue weighted by Crippen LogP contribution is 2.31. The number of alkyl halides is 3. The van der Waals surface area contributed by atoms with Crippen LogP contribution in [0.15, 0.2) is 42.8 Å². The van der Waals surface area contributed by atoms with Gasteiger partial charge in [-0.05, 0) is 25.3 Å². The van der Waals surface area contributed by atoms with Crippen molar-refractivity contribution < 1.29 is 27.4 Å². The van der Waals surface area contributed by atoms with Crippen LogP contribution in [0.2, 0.25) is 0 Å². The molecule has 11 heteroatoms. The maximum absolute atomic E-state index is 13.6. The van der Waals surface area contributed by atoms with Crippen LogP contribution in [0, 0.1) is 0 Å². The third-order valence-corrected chi connectivity index (χ3v) is 5.84. The number of halogens is 3. The van der Waals surface area contributed by atoms with Crippen molar-refractivity contribution in [2.45, 2.75) is 51.4 Å². The number of fused-ring (bicyclic) bond motifs is 1. The molecule has 0 aromatic carbocycles. The van der Waals surface area contributed by atoms with Gasteiger partial charge in [-0.3, -0.25) is 4.79 Å². The number of aryl methyl sites for hydroxylation is 1. The van der Waals surface area contributed by atoms with Crippen LogP contribution in [0.25, 0.3) is 6.08 Å². The Hall–Kier alpha value is -3.63. The summed E-state index contributed by atoms with van der Waals surface area (Å²) >= 11 is 0. The Balaban J connectivity index is 1.48. The van der Waals surface area contributed by atoms with Crippen LogP contribution in [0.5, 0.6) is 11.8 Å². The first-order valence-corrected chi connectivity index (χ1v) is 11.9. The maximum atomic E-state index is 13.6. The van der Waals surface area contributed by atoms with E-state index >= 15 is 0 Å². The Kier molecular flexibility index (Phi) is 8.07. The second-order valence-electron chi connectivity index (χ2n) is 8.42. The van der Waals surface area contributed by atoms with Crippen LogP contribution in [0.1, 0.15) is 54.4 Å². The van der Waals surface area contributed by atoms with E-state index in [4.69, 9.17) is 9.47 Å². The van der Waals surface area contributed by atoms with Crippen molar-refractivity contribution in [2.75, 3.05) is 19.8 Å². The van der Waals surface area contributed by atoms with E-state index < -0.39 is 11.9 Å². The smallest absolute Gasteiger partial charge is 0.434 e. The summed E-state index contributed by atoms with van der Waals surface area (Å²) < 4.78 is 51.2. The molecule has 0 saturated carbocycles. The number of nitrogens with zero attached hydrogens (tertiary/aromatic N) is 5. The van der Waals surface area contributed by atoms with Crippen molar-refractivity contribution in [2.24, 2.45) is 0 Å². The molecule has 0 bridgehead atoms. The number of ether oxygens (including phenoxy) is 2. The first-order valence-electron chi connectivity index (χ1n) is 11.9. The van der Waals surface area contributed by atoms with E-state index in [1.807, 2.05) is 36.5 Å². The average Bonchev–Trinajstić information content (AvgIpc) is 3.49. The molecular formula is C25H28F3N5O3. The molecule has 1 atom stereocenters. The second kappa shape index (κ2) is 11.4. The van der Waals surface area contributed by atoms with E-state index in [9.17, 15) is 18.0 Å². The van der Waals surface area contributed by atoms with Crippen LogP contribution in [0.3, 0.4) is 0 Å². The van der Waals surface area contributed by atoms with Gasteiger partial charge in [-0.1, -0.05) is 37.3 Å². The van der Waals surface area contributed by atoms with Gasteiger partial charge in [-0.25, -0.2) is 14.6 Å². The number of rotatable bonds is 8. The lowest BCUT2D eigenvalue weighted by Crippen LogP contribution is -2.39. The number of likely N-dealkylation sites (tertiary alicyclic amines) is 1. The van der Waals surface area contributed by atoms with E-state index in [1.54, 1.807) is 9.58 Å². The topological polar surface area (TPSA) is 82.4 Å². The van der Waals surface area contributed by atoms with E-state index in [1.165, 1.54) is 0 Å². The van der Waals surface area contributed by atoms with Gasteiger partial charge in [0, 0.05) is 19.5 Å². The monoisotopic (exact) mass is 503 g/mol. The minimum atomic E-state index is -4.57. The molecule has 0 spiro atoms. The SMILES string of the molecule is CC\C=C/C=C\C=C\c1c(C(=O)N2CCC[C@H]2COc2cnc(C(F)(F)F)cn2)nn2c1OCCC2. The summed E-state index contributed by atoms with van der Waals surface area (Å²) in [7, 11) is 0. The Labute approximate surface area is 207 Å².